The Morgan fingerprint density at radius 2 is 1.90 bits per heavy atom. The standard InChI is InChI=1S/C17H21NO3/c1-2-3-11-18(12-14-7-5-4-6-8-14)13-15-9-10-16(21-15)17(19)20/h4-10H,2-3,11-13H2,1H3,(H,19,20). The smallest absolute Gasteiger partial charge is 0.371 e. The number of hydrogen-bond donors (Lipinski definition) is 1. The predicted molar refractivity (Wildman–Crippen MR) is 81.1 cm³/mol. The summed E-state index contributed by atoms with van der Waals surface area (Å²) in [4.78, 5) is 13.1. The number of nitrogens with zero attached hydrogens (tertiary/aromatic N) is 1. The van der Waals surface area contributed by atoms with Crippen LogP contribution in [0.25, 0.3) is 0 Å². The number of benzene rings is 1. The zero-order valence-corrected chi connectivity index (χ0v) is 12.3. The van der Waals surface area contributed by atoms with Crippen LogP contribution in [0.2, 0.25) is 0 Å². The zero-order chi connectivity index (χ0) is 15.1. The molecule has 21 heavy (non-hydrogen) atoms. The first-order valence-corrected chi connectivity index (χ1v) is 7.27. The van der Waals surface area contributed by atoms with E-state index in [4.69, 9.17) is 9.52 Å². The molecule has 1 N–H and O–H groups in total. The van der Waals surface area contributed by atoms with E-state index in [-0.39, 0.29) is 5.76 Å². The lowest BCUT2D eigenvalue weighted by Crippen LogP contribution is -2.23. The predicted octanol–water partition coefficient (Wildman–Crippen LogP) is 3.78. The highest BCUT2D eigenvalue weighted by Crippen LogP contribution is 2.14. The van der Waals surface area contributed by atoms with Gasteiger partial charge in [0.15, 0.2) is 0 Å². The van der Waals surface area contributed by atoms with E-state index in [0.29, 0.717) is 12.3 Å². The lowest BCUT2D eigenvalue weighted by molar-refractivity contribution is 0.0658. The molecule has 0 atom stereocenters. The minimum absolute atomic E-state index is 0.000141. The van der Waals surface area contributed by atoms with Crippen LogP contribution in [-0.4, -0.2) is 22.5 Å². The molecule has 0 amide bonds. The minimum Gasteiger partial charge on any atom is -0.475 e. The molecule has 2 aromatic rings. The van der Waals surface area contributed by atoms with Crippen molar-refractivity contribution in [3.8, 4) is 0 Å². The molecule has 0 aliphatic rings. The van der Waals surface area contributed by atoms with Gasteiger partial charge in [0.2, 0.25) is 5.76 Å². The molecule has 2 rings (SSSR count). The van der Waals surface area contributed by atoms with Crippen LogP contribution in [-0.2, 0) is 13.1 Å². The van der Waals surface area contributed by atoms with E-state index in [9.17, 15) is 4.79 Å². The third-order valence-corrected chi connectivity index (χ3v) is 3.33. The number of rotatable bonds is 8. The average molecular weight is 287 g/mol. The maximum atomic E-state index is 10.9. The van der Waals surface area contributed by atoms with Gasteiger partial charge in [-0.25, -0.2) is 4.79 Å². The molecule has 4 heteroatoms. The monoisotopic (exact) mass is 287 g/mol. The number of hydrogen-bond acceptors (Lipinski definition) is 3. The lowest BCUT2D eigenvalue weighted by Gasteiger charge is -2.21. The highest BCUT2D eigenvalue weighted by Gasteiger charge is 2.12. The molecule has 0 saturated carbocycles. The van der Waals surface area contributed by atoms with Crippen molar-refractivity contribution in [2.24, 2.45) is 0 Å². The minimum atomic E-state index is -1.02. The summed E-state index contributed by atoms with van der Waals surface area (Å²) in [6.07, 6.45) is 2.24. The first-order chi connectivity index (χ1) is 10.2. The second kappa shape index (κ2) is 7.64. The maximum Gasteiger partial charge on any atom is 0.371 e. The number of carbonyl (C=O) groups is 1. The molecular weight excluding hydrogens is 266 g/mol. The molecule has 0 aliphatic heterocycles. The third kappa shape index (κ3) is 4.76. The number of carboxylic acids is 1. The van der Waals surface area contributed by atoms with Crippen LogP contribution in [0, 0.1) is 0 Å². The molecule has 112 valence electrons. The van der Waals surface area contributed by atoms with Gasteiger partial charge in [-0.2, -0.15) is 0 Å². The van der Waals surface area contributed by atoms with Crippen LogP contribution in [0.3, 0.4) is 0 Å². The highest BCUT2D eigenvalue weighted by molar-refractivity contribution is 5.84. The van der Waals surface area contributed by atoms with Gasteiger partial charge in [0.25, 0.3) is 0 Å². The number of unbranched alkanes of at least 4 members (excludes halogenated alkanes) is 1. The van der Waals surface area contributed by atoms with E-state index in [1.54, 1.807) is 6.07 Å². The Bertz CT molecular complexity index is 562. The van der Waals surface area contributed by atoms with Gasteiger partial charge in [0, 0.05) is 6.54 Å². The Morgan fingerprint density at radius 3 is 2.52 bits per heavy atom. The van der Waals surface area contributed by atoms with Crippen LogP contribution in [0.5, 0.6) is 0 Å². The largest absolute Gasteiger partial charge is 0.475 e. The third-order valence-electron chi connectivity index (χ3n) is 3.33. The molecule has 0 saturated heterocycles. The summed E-state index contributed by atoms with van der Waals surface area (Å²) in [6.45, 7) is 4.59. The molecule has 0 radical (unpaired) electrons. The van der Waals surface area contributed by atoms with Gasteiger partial charge < -0.3 is 9.52 Å². The van der Waals surface area contributed by atoms with Crippen molar-refractivity contribution in [3.05, 3.63) is 59.5 Å². The Kier molecular flexibility index (Phi) is 5.58. The summed E-state index contributed by atoms with van der Waals surface area (Å²) in [5.41, 5.74) is 1.25. The average Bonchev–Trinajstić information content (AvgIpc) is 2.94. The fraction of sp³-hybridized carbons (Fsp3) is 0.353. The molecule has 1 aromatic carbocycles. The van der Waals surface area contributed by atoms with E-state index >= 15 is 0 Å². The normalized spacial score (nSPS) is 11.0. The van der Waals surface area contributed by atoms with Crippen LogP contribution in [0.15, 0.2) is 46.9 Å². The molecule has 0 fully saturated rings. The summed E-state index contributed by atoms with van der Waals surface area (Å²) >= 11 is 0. The lowest BCUT2D eigenvalue weighted by atomic mass is 10.2. The Labute approximate surface area is 125 Å². The molecule has 4 nitrogen and oxygen atoms in total. The highest BCUT2D eigenvalue weighted by atomic mass is 16.4. The molecule has 1 aromatic heterocycles. The van der Waals surface area contributed by atoms with Crippen LogP contribution < -0.4 is 0 Å². The van der Waals surface area contributed by atoms with Gasteiger partial charge in [-0.3, -0.25) is 4.90 Å². The fourth-order valence-electron chi connectivity index (χ4n) is 2.24. The second-order valence-electron chi connectivity index (χ2n) is 5.12. The number of carboxylic acid groups (broad SMARTS) is 1. The van der Waals surface area contributed by atoms with Gasteiger partial charge in [-0.1, -0.05) is 43.7 Å². The maximum absolute atomic E-state index is 10.9. The van der Waals surface area contributed by atoms with Crippen molar-refractivity contribution in [2.75, 3.05) is 6.54 Å². The van der Waals surface area contributed by atoms with Gasteiger partial charge in [-0.15, -0.1) is 0 Å². The van der Waals surface area contributed by atoms with Gasteiger partial charge in [0.05, 0.1) is 6.54 Å². The molecule has 0 spiro atoms. The summed E-state index contributed by atoms with van der Waals surface area (Å²) in [5.74, 6) is -0.330. The number of furan rings is 1. The first-order valence-electron chi connectivity index (χ1n) is 7.27. The van der Waals surface area contributed by atoms with Crippen molar-refractivity contribution in [3.63, 3.8) is 0 Å². The molecule has 0 aliphatic carbocycles. The Morgan fingerprint density at radius 1 is 1.14 bits per heavy atom. The van der Waals surface area contributed by atoms with Crippen molar-refractivity contribution in [1.29, 1.82) is 0 Å². The van der Waals surface area contributed by atoms with Crippen molar-refractivity contribution in [1.82, 2.24) is 4.90 Å². The topological polar surface area (TPSA) is 53.7 Å². The van der Waals surface area contributed by atoms with Crippen LogP contribution in [0.1, 0.15) is 41.6 Å². The quantitative estimate of drug-likeness (QED) is 0.802. The van der Waals surface area contributed by atoms with Gasteiger partial charge >= 0.3 is 5.97 Å². The first kappa shape index (κ1) is 15.3. The summed E-state index contributed by atoms with van der Waals surface area (Å²) in [6, 6.07) is 13.5. The van der Waals surface area contributed by atoms with Gasteiger partial charge in [-0.05, 0) is 30.7 Å². The van der Waals surface area contributed by atoms with E-state index < -0.39 is 5.97 Å². The molecule has 0 bridgehead atoms. The van der Waals surface area contributed by atoms with Crippen molar-refractivity contribution in [2.45, 2.75) is 32.9 Å². The number of aromatic carboxylic acids is 1. The van der Waals surface area contributed by atoms with E-state index in [0.717, 1.165) is 25.9 Å². The van der Waals surface area contributed by atoms with E-state index in [1.807, 2.05) is 18.2 Å². The van der Waals surface area contributed by atoms with E-state index in [2.05, 4.69) is 24.0 Å². The van der Waals surface area contributed by atoms with Crippen LogP contribution >= 0.6 is 0 Å². The Hall–Kier alpha value is -2.07. The summed E-state index contributed by atoms with van der Waals surface area (Å²) < 4.78 is 5.35. The van der Waals surface area contributed by atoms with Crippen molar-refractivity contribution >= 4 is 5.97 Å². The summed E-state index contributed by atoms with van der Waals surface area (Å²) in [5, 5.41) is 8.90. The molecule has 1 heterocycles. The van der Waals surface area contributed by atoms with Gasteiger partial charge in [0.1, 0.15) is 5.76 Å². The van der Waals surface area contributed by atoms with Crippen molar-refractivity contribution < 1.29 is 14.3 Å². The van der Waals surface area contributed by atoms with Crippen LogP contribution in [0.4, 0.5) is 0 Å². The molecule has 0 unspecified atom stereocenters. The second-order valence-corrected chi connectivity index (χ2v) is 5.12. The SMILES string of the molecule is CCCCN(Cc1ccccc1)Cc1ccc(C(=O)O)o1. The van der Waals surface area contributed by atoms with E-state index in [1.165, 1.54) is 11.6 Å². The zero-order valence-electron chi connectivity index (χ0n) is 12.3. The Balaban J connectivity index is 2.02. The summed E-state index contributed by atoms with van der Waals surface area (Å²) in [7, 11) is 0. The fourth-order valence-corrected chi connectivity index (χ4v) is 2.24. The molecular formula is C17H21NO3.